The summed E-state index contributed by atoms with van der Waals surface area (Å²) in [6.07, 6.45) is 0. The van der Waals surface area contributed by atoms with E-state index >= 15 is 0 Å². The first-order chi connectivity index (χ1) is 22.7. The molecule has 46 heavy (non-hydrogen) atoms. The van der Waals surface area contributed by atoms with Crippen molar-refractivity contribution in [1.82, 2.24) is 0 Å². The average Bonchev–Trinajstić information content (AvgIpc) is 3.41. The fourth-order valence-corrected chi connectivity index (χ4v) is 7.67. The largest absolute Gasteiger partial charge is 0.457 e. The molecule has 7 aromatic rings. The molecular formula is C44H31NO. The number of hydrogen-bond donors (Lipinski definition) is 0. The van der Waals surface area contributed by atoms with Crippen LogP contribution in [0.1, 0.15) is 27.8 Å². The minimum atomic E-state index is -0.515. The molecule has 9 rings (SSSR count). The fourth-order valence-electron chi connectivity index (χ4n) is 7.67. The van der Waals surface area contributed by atoms with Gasteiger partial charge < -0.3 is 9.64 Å². The lowest BCUT2D eigenvalue weighted by Crippen LogP contribution is -2.32. The molecule has 0 fully saturated rings. The standard InChI is InChI=1S/C44H31NO/c1-30-23-28-38-42(29-30)46-41-22-11-10-19-37(41)44(38)36-18-9-8-17-35(36)43-39(44)20-12-21-40(43)45(33-15-6-3-7-16-33)34-26-24-32(25-27-34)31-13-4-2-5-14-31/h2-29H,1H3. The normalized spacial score (nSPS) is 15.3. The third-order valence-corrected chi connectivity index (χ3v) is 9.59. The second-order valence-corrected chi connectivity index (χ2v) is 12.2. The van der Waals surface area contributed by atoms with Crippen molar-refractivity contribution in [2.45, 2.75) is 12.3 Å². The maximum absolute atomic E-state index is 6.63. The Kier molecular flexibility index (Phi) is 5.97. The van der Waals surface area contributed by atoms with E-state index in [1.165, 1.54) is 50.1 Å². The Balaban J connectivity index is 1.33. The predicted octanol–water partition coefficient (Wildman–Crippen LogP) is 11.6. The monoisotopic (exact) mass is 589 g/mol. The van der Waals surface area contributed by atoms with Crippen LogP contribution < -0.4 is 9.64 Å². The first-order valence-electron chi connectivity index (χ1n) is 15.9. The summed E-state index contributed by atoms with van der Waals surface area (Å²) in [5.74, 6) is 1.83. The van der Waals surface area contributed by atoms with Gasteiger partial charge in [0.15, 0.2) is 0 Å². The number of fused-ring (bicyclic) bond motifs is 9. The highest BCUT2D eigenvalue weighted by atomic mass is 16.5. The van der Waals surface area contributed by atoms with E-state index in [0.29, 0.717) is 0 Å². The molecule has 2 heteroatoms. The van der Waals surface area contributed by atoms with Gasteiger partial charge in [0.2, 0.25) is 0 Å². The van der Waals surface area contributed by atoms with Crippen molar-refractivity contribution >= 4 is 17.1 Å². The van der Waals surface area contributed by atoms with Gasteiger partial charge in [-0.15, -0.1) is 0 Å². The highest BCUT2D eigenvalue weighted by Gasteiger charge is 2.51. The Labute approximate surface area is 269 Å². The van der Waals surface area contributed by atoms with Gasteiger partial charge in [-0.05, 0) is 82.8 Å². The van der Waals surface area contributed by atoms with Crippen molar-refractivity contribution in [2.75, 3.05) is 4.90 Å². The predicted molar refractivity (Wildman–Crippen MR) is 189 cm³/mol. The molecule has 218 valence electrons. The Morgan fingerprint density at radius 2 is 1.07 bits per heavy atom. The zero-order valence-corrected chi connectivity index (χ0v) is 25.5. The molecule has 7 aromatic carbocycles. The number of benzene rings is 7. The fraction of sp³-hybridized carbons (Fsp3) is 0.0455. The molecule has 1 spiro atoms. The van der Waals surface area contributed by atoms with Gasteiger partial charge in [0, 0.05) is 28.1 Å². The summed E-state index contributed by atoms with van der Waals surface area (Å²) in [6.45, 7) is 2.13. The van der Waals surface area contributed by atoms with Crippen LogP contribution in [0.3, 0.4) is 0 Å². The van der Waals surface area contributed by atoms with Crippen molar-refractivity contribution in [3.8, 4) is 33.8 Å². The van der Waals surface area contributed by atoms with Crippen molar-refractivity contribution in [3.05, 3.63) is 198 Å². The lowest BCUT2D eigenvalue weighted by Gasteiger charge is -2.39. The van der Waals surface area contributed by atoms with Gasteiger partial charge in [-0.3, -0.25) is 0 Å². The molecule has 1 aliphatic heterocycles. The van der Waals surface area contributed by atoms with E-state index in [1.807, 2.05) is 0 Å². The Hall–Kier alpha value is -5.86. The van der Waals surface area contributed by atoms with Gasteiger partial charge in [-0.2, -0.15) is 0 Å². The summed E-state index contributed by atoms with van der Waals surface area (Å²) in [7, 11) is 0. The van der Waals surface area contributed by atoms with Crippen molar-refractivity contribution in [3.63, 3.8) is 0 Å². The quantitative estimate of drug-likeness (QED) is 0.202. The number of aryl methyl sites for hydroxylation is 1. The van der Waals surface area contributed by atoms with Crippen LogP contribution in [0.2, 0.25) is 0 Å². The van der Waals surface area contributed by atoms with Crippen LogP contribution in [0.4, 0.5) is 17.1 Å². The minimum Gasteiger partial charge on any atom is -0.457 e. The average molecular weight is 590 g/mol. The molecule has 0 saturated carbocycles. The van der Waals surface area contributed by atoms with E-state index < -0.39 is 5.41 Å². The number of ether oxygens (including phenoxy) is 1. The van der Waals surface area contributed by atoms with E-state index in [9.17, 15) is 0 Å². The number of nitrogens with zero attached hydrogens (tertiary/aromatic N) is 1. The first kappa shape index (κ1) is 26.5. The van der Waals surface area contributed by atoms with E-state index in [0.717, 1.165) is 28.6 Å². The first-order valence-corrected chi connectivity index (χ1v) is 15.9. The summed E-state index contributed by atoms with van der Waals surface area (Å²) in [4.78, 5) is 2.41. The Bertz CT molecular complexity index is 2240. The molecule has 1 heterocycles. The van der Waals surface area contributed by atoms with Gasteiger partial charge in [-0.1, -0.05) is 127 Å². The van der Waals surface area contributed by atoms with Crippen LogP contribution >= 0.6 is 0 Å². The maximum Gasteiger partial charge on any atom is 0.132 e. The molecule has 1 aliphatic carbocycles. The van der Waals surface area contributed by atoms with Gasteiger partial charge in [0.25, 0.3) is 0 Å². The van der Waals surface area contributed by atoms with Crippen molar-refractivity contribution in [2.24, 2.45) is 0 Å². The number of rotatable bonds is 4. The van der Waals surface area contributed by atoms with Crippen LogP contribution in [-0.4, -0.2) is 0 Å². The Morgan fingerprint density at radius 3 is 1.87 bits per heavy atom. The van der Waals surface area contributed by atoms with Crippen LogP contribution in [0.5, 0.6) is 11.5 Å². The zero-order chi connectivity index (χ0) is 30.7. The van der Waals surface area contributed by atoms with Crippen LogP contribution in [-0.2, 0) is 5.41 Å². The topological polar surface area (TPSA) is 12.5 Å². The SMILES string of the molecule is Cc1ccc2c(c1)Oc1ccccc1C21c2ccccc2-c2c(N(c3ccccc3)c3ccc(-c4ccccc4)cc3)cccc21. The van der Waals surface area contributed by atoms with E-state index in [4.69, 9.17) is 4.74 Å². The molecule has 0 bridgehead atoms. The zero-order valence-electron chi connectivity index (χ0n) is 25.5. The number of hydrogen-bond acceptors (Lipinski definition) is 2. The molecule has 2 nitrogen and oxygen atoms in total. The Morgan fingerprint density at radius 1 is 0.457 bits per heavy atom. The molecular weight excluding hydrogens is 558 g/mol. The second kappa shape index (κ2) is 10.4. The summed E-state index contributed by atoms with van der Waals surface area (Å²) in [6, 6.07) is 61.2. The third kappa shape index (κ3) is 3.83. The van der Waals surface area contributed by atoms with E-state index in [2.05, 4.69) is 182 Å². The summed E-state index contributed by atoms with van der Waals surface area (Å²) in [5.41, 5.74) is 13.9. The van der Waals surface area contributed by atoms with E-state index in [1.54, 1.807) is 0 Å². The van der Waals surface area contributed by atoms with Crippen LogP contribution in [0, 0.1) is 6.92 Å². The van der Waals surface area contributed by atoms with Crippen LogP contribution in [0.15, 0.2) is 170 Å². The lowest BCUT2D eigenvalue weighted by atomic mass is 9.66. The highest BCUT2D eigenvalue weighted by Crippen LogP contribution is 2.64. The molecule has 0 aromatic heterocycles. The number of para-hydroxylation sites is 2. The molecule has 0 N–H and O–H groups in total. The van der Waals surface area contributed by atoms with Crippen molar-refractivity contribution < 1.29 is 4.74 Å². The molecule has 0 saturated heterocycles. The smallest absolute Gasteiger partial charge is 0.132 e. The number of anilines is 3. The van der Waals surface area contributed by atoms with Crippen LogP contribution in [0.25, 0.3) is 22.3 Å². The van der Waals surface area contributed by atoms with Gasteiger partial charge in [0.1, 0.15) is 11.5 Å². The van der Waals surface area contributed by atoms with Gasteiger partial charge in [0.05, 0.1) is 11.1 Å². The third-order valence-electron chi connectivity index (χ3n) is 9.59. The second-order valence-electron chi connectivity index (χ2n) is 12.2. The molecule has 0 radical (unpaired) electrons. The maximum atomic E-state index is 6.63. The molecule has 1 unspecified atom stereocenters. The summed E-state index contributed by atoms with van der Waals surface area (Å²) < 4.78 is 6.63. The summed E-state index contributed by atoms with van der Waals surface area (Å²) in [5, 5.41) is 0. The summed E-state index contributed by atoms with van der Waals surface area (Å²) >= 11 is 0. The molecule has 0 amide bonds. The van der Waals surface area contributed by atoms with Gasteiger partial charge in [-0.25, -0.2) is 0 Å². The lowest BCUT2D eigenvalue weighted by molar-refractivity contribution is 0.436. The van der Waals surface area contributed by atoms with Crippen molar-refractivity contribution in [1.29, 1.82) is 0 Å². The minimum absolute atomic E-state index is 0.515. The highest BCUT2D eigenvalue weighted by molar-refractivity contribution is 5.98. The van der Waals surface area contributed by atoms with E-state index in [-0.39, 0.29) is 0 Å². The van der Waals surface area contributed by atoms with Gasteiger partial charge >= 0.3 is 0 Å². The molecule has 1 atom stereocenters. The molecule has 2 aliphatic rings.